The molecule has 2 heterocycles. The number of likely N-dealkylation sites (N-methyl/N-ethyl adjacent to an activating group) is 1. The minimum Gasteiger partial charge on any atom is -0.483 e. The van der Waals surface area contributed by atoms with Gasteiger partial charge in [-0.15, -0.1) is 0 Å². The second-order valence-corrected chi connectivity index (χ2v) is 8.20. The molecular formula is C23H38N4O5. The number of amides is 1. The van der Waals surface area contributed by atoms with Gasteiger partial charge in [-0.2, -0.15) is 0 Å². The molecule has 0 bridgehead atoms. The van der Waals surface area contributed by atoms with E-state index in [2.05, 4.69) is 64.0 Å². The molecular weight excluding hydrogens is 412 g/mol. The molecule has 180 valence electrons. The Morgan fingerprint density at radius 2 is 1.69 bits per heavy atom. The zero-order valence-electron chi connectivity index (χ0n) is 19.3. The van der Waals surface area contributed by atoms with Gasteiger partial charge in [0, 0.05) is 58.3 Å². The maximum Gasteiger partial charge on any atom is 0.290 e. The van der Waals surface area contributed by atoms with E-state index in [1.54, 1.807) is 0 Å². The number of likely N-dealkylation sites (tertiary alicyclic amines) is 1. The highest BCUT2D eigenvalue weighted by atomic mass is 16.3. The predicted molar refractivity (Wildman–Crippen MR) is 123 cm³/mol. The molecule has 2 fully saturated rings. The van der Waals surface area contributed by atoms with E-state index in [9.17, 15) is 4.79 Å². The molecule has 2 N–H and O–H groups in total. The molecule has 0 aromatic heterocycles. The summed E-state index contributed by atoms with van der Waals surface area (Å²) in [6.07, 6.45) is 3.24. The van der Waals surface area contributed by atoms with Crippen LogP contribution in [0, 0.1) is 0 Å². The fraction of sp³-hybridized carbons (Fsp3) is 0.609. The predicted octanol–water partition coefficient (Wildman–Crippen LogP) is 1.15. The van der Waals surface area contributed by atoms with Gasteiger partial charge in [0.05, 0.1) is 0 Å². The van der Waals surface area contributed by atoms with E-state index in [0.717, 1.165) is 45.8 Å². The molecule has 9 nitrogen and oxygen atoms in total. The van der Waals surface area contributed by atoms with Gasteiger partial charge in [0.1, 0.15) is 0 Å². The van der Waals surface area contributed by atoms with Crippen molar-refractivity contribution in [2.24, 2.45) is 0 Å². The van der Waals surface area contributed by atoms with Crippen LogP contribution < -0.4 is 0 Å². The van der Waals surface area contributed by atoms with Crippen LogP contribution in [0.4, 0.5) is 0 Å². The summed E-state index contributed by atoms with van der Waals surface area (Å²) in [6.45, 7) is 7.43. The average Bonchev–Trinajstić information content (AvgIpc) is 3.11. The Balaban J connectivity index is 0.000000769. The van der Waals surface area contributed by atoms with Gasteiger partial charge in [-0.3, -0.25) is 24.2 Å². The van der Waals surface area contributed by atoms with Gasteiger partial charge in [0.25, 0.3) is 12.9 Å². The van der Waals surface area contributed by atoms with Gasteiger partial charge < -0.3 is 20.0 Å². The van der Waals surface area contributed by atoms with Gasteiger partial charge in [0.15, 0.2) is 0 Å². The number of carboxylic acid groups (broad SMARTS) is 2. The summed E-state index contributed by atoms with van der Waals surface area (Å²) < 4.78 is 0. The molecule has 1 atom stereocenters. The van der Waals surface area contributed by atoms with E-state index in [0.29, 0.717) is 18.4 Å². The van der Waals surface area contributed by atoms with E-state index < -0.39 is 0 Å². The molecule has 9 heteroatoms. The molecule has 0 radical (unpaired) electrons. The Kier molecular flexibility index (Phi) is 13.9. The Labute approximate surface area is 191 Å². The monoisotopic (exact) mass is 450 g/mol. The molecule has 2 aliphatic rings. The summed E-state index contributed by atoms with van der Waals surface area (Å²) in [4.78, 5) is 38.5. The summed E-state index contributed by atoms with van der Waals surface area (Å²) in [6, 6.07) is 11.4. The summed E-state index contributed by atoms with van der Waals surface area (Å²) in [5.41, 5.74) is 1.40. The van der Waals surface area contributed by atoms with Crippen LogP contribution in [-0.4, -0.2) is 115 Å². The number of carbonyl (C=O) groups excluding carboxylic acids is 1. The molecule has 0 spiro atoms. The van der Waals surface area contributed by atoms with Crippen molar-refractivity contribution in [2.45, 2.75) is 31.8 Å². The topological polar surface area (TPSA) is 105 Å². The van der Waals surface area contributed by atoms with Crippen LogP contribution in [0.25, 0.3) is 0 Å². The van der Waals surface area contributed by atoms with E-state index >= 15 is 0 Å². The Bertz CT molecular complexity index is 653. The number of nitrogens with zero attached hydrogens (tertiary/aromatic N) is 4. The second-order valence-electron chi connectivity index (χ2n) is 8.20. The quantitative estimate of drug-likeness (QED) is 0.596. The number of rotatable bonds is 7. The lowest BCUT2D eigenvalue weighted by molar-refractivity contribution is -0.130. The first-order valence-corrected chi connectivity index (χ1v) is 11.0. The van der Waals surface area contributed by atoms with Crippen molar-refractivity contribution in [1.82, 2.24) is 19.6 Å². The van der Waals surface area contributed by atoms with Gasteiger partial charge in [-0.05, 0) is 39.0 Å². The standard InChI is InChI=1S/C21H34N4O.2CH2O2/c1-22(2)13-15-24-16-14-23(12-10-21(24)26)18-20-9-6-11-25(20)17-19-7-4-3-5-8-19;2*2-1-3/h3-5,7-8,20H,6,9-18H2,1-2H3;2*1H,(H,2,3)/t20-;;/m1../s1. The lowest BCUT2D eigenvalue weighted by Crippen LogP contribution is -2.42. The molecule has 0 saturated carbocycles. The van der Waals surface area contributed by atoms with E-state index in [4.69, 9.17) is 19.8 Å². The van der Waals surface area contributed by atoms with Crippen LogP contribution in [0.1, 0.15) is 24.8 Å². The van der Waals surface area contributed by atoms with E-state index in [1.807, 2.05) is 0 Å². The molecule has 0 aliphatic carbocycles. The maximum absolute atomic E-state index is 12.4. The highest BCUT2D eigenvalue weighted by molar-refractivity contribution is 5.76. The first-order valence-electron chi connectivity index (χ1n) is 11.0. The van der Waals surface area contributed by atoms with Crippen molar-refractivity contribution in [3.8, 4) is 0 Å². The zero-order chi connectivity index (χ0) is 23.8. The van der Waals surface area contributed by atoms with Gasteiger partial charge in [-0.1, -0.05) is 30.3 Å². The van der Waals surface area contributed by atoms with Crippen molar-refractivity contribution in [3.63, 3.8) is 0 Å². The minimum absolute atomic E-state index is 0.250. The van der Waals surface area contributed by atoms with Gasteiger partial charge in [-0.25, -0.2) is 0 Å². The SMILES string of the molecule is CN(C)CCN1CCN(C[C@H]2CCCN2Cc2ccccc2)CCC1=O.O=CO.O=CO. The fourth-order valence-electron chi connectivity index (χ4n) is 4.08. The van der Waals surface area contributed by atoms with Crippen LogP contribution >= 0.6 is 0 Å². The third-order valence-corrected chi connectivity index (χ3v) is 5.69. The normalized spacial score (nSPS) is 19.4. The van der Waals surface area contributed by atoms with Crippen molar-refractivity contribution in [1.29, 1.82) is 0 Å². The summed E-state index contributed by atoms with van der Waals surface area (Å²) in [7, 11) is 4.13. The van der Waals surface area contributed by atoms with Crippen molar-refractivity contribution in [3.05, 3.63) is 35.9 Å². The molecule has 32 heavy (non-hydrogen) atoms. The average molecular weight is 451 g/mol. The Hall–Kier alpha value is -2.49. The fourth-order valence-corrected chi connectivity index (χ4v) is 4.08. The molecule has 0 unspecified atom stereocenters. The van der Waals surface area contributed by atoms with Crippen molar-refractivity contribution >= 4 is 18.9 Å². The van der Waals surface area contributed by atoms with Crippen LogP contribution in [0.2, 0.25) is 0 Å². The molecule has 3 rings (SSSR count). The van der Waals surface area contributed by atoms with Crippen LogP contribution in [0.15, 0.2) is 30.3 Å². The number of hydrogen-bond acceptors (Lipinski definition) is 6. The number of carbonyl (C=O) groups is 3. The summed E-state index contributed by atoms with van der Waals surface area (Å²) in [5.74, 6) is 0.321. The number of hydrogen-bond donors (Lipinski definition) is 2. The van der Waals surface area contributed by atoms with Crippen LogP contribution in [0.3, 0.4) is 0 Å². The molecule has 1 amide bonds. The highest BCUT2D eigenvalue weighted by Gasteiger charge is 2.28. The zero-order valence-corrected chi connectivity index (χ0v) is 19.3. The first kappa shape index (κ1) is 27.5. The summed E-state index contributed by atoms with van der Waals surface area (Å²) >= 11 is 0. The van der Waals surface area contributed by atoms with Crippen molar-refractivity contribution in [2.75, 3.05) is 59.9 Å². The van der Waals surface area contributed by atoms with Gasteiger partial charge in [0.2, 0.25) is 5.91 Å². The smallest absolute Gasteiger partial charge is 0.290 e. The Morgan fingerprint density at radius 1 is 1.03 bits per heavy atom. The molecule has 1 aromatic rings. The van der Waals surface area contributed by atoms with Crippen LogP contribution in [0.5, 0.6) is 0 Å². The lowest BCUT2D eigenvalue weighted by Gasteiger charge is -2.30. The third kappa shape index (κ3) is 10.7. The van der Waals surface area contributed by atoms with Gasteiger partial charge >= 0.3 is 0 Å². The molecule has 1 aromatic carbocycles. The van der Waals surface area contributed by atoms with E-state index in [-0.39, 0.29) is 12.9 Å². The van der Waals surface area contributed by atoms with E-state index in [1.165, 1.54) is 24.9 Å². The second kappa shape index (κ2) is 16.2. The largest absolute Gasteiger partial charge is 0.483 e. The molecule has 2 saturated heterocycles. The third-order valence-electron chi connectivity index (χ3n) is 5.69. The lowest BCUT2D eigenvalue weighted by atomic mass is 10.1. The van der Waals surface area contributed by atoms with Crippen molar-refractivity contribution < 1.29 is 24.6 Å². The van der Waals surface area contributed by atoms with Crippen LogP contribution in [-0.2, 0) is 20.9 Å². The minimum atomic E-state index is -0.250. The Morgan fingerprint density at radius 3 is 2.31 bits per heavy atom. The summed E-state index contributed by atoms with van der Waals surface area (Å²) in [5, 5.41) is 13.8. The first-order chi connectivity index (χ1) is 15.4. The highest BCUT2D eigenvalue weighted by Crippen LogP contribution is 2.21. The number of benzene rings is 1. The molecule has 2 aliphatic heterocycles. The maximum atomic E-state index is 12.4.